The van der Waals surface area contributed by atoms with Crippen LogP contribution in [0.15, 0.2) is 22.7 Å². The minimum Gasteiger partial charge on any atom is -0.507 e. The van der Waals surface area contributed by atoms with Gasteiger partial charge in [0.1, 0.15) is 5.75 Å². The van der Waals surface area contributed by atoms with E-state index in [1.807, 2.05) is 0 Å². The Morgan fingerprint density at radius 2 is 2.28 bits per heavy atom. The second kappa shape index (κ2) is 4.97. The average molecular weight is 313 g/mol. The van der Waals surface area contributed by atoms with Gasteiger partial charge >= 0.3 is 0 Å². The zero-order valence-corrected chi connectivity index (χ0v) is 11.4. The zero-order valence-electron chi connectivity index (χ0n) is 9.81. The third-order valence-electron chi connectivity index (χ3n) is 2.88. The van der Waals surface area contributed by atoms with E-state index in [2.05, 4.69) is 21.2 Å². The summed E-state index contributed by atoms with van der Waals surface area (Å²) in [5, 5.41) is 12.4. The summed E-state index contributed by atoms with van der Waals surface area (Å²) in [7, 11) is 1.70. The number of aromatic hydroxyl groups is 1. The van der Waals surface area contributed by atoms with Crippen LogP contribution in [0.5, 0.6) is 5.75 Å². The molecular weight excluding hydrogens is 300 g/mol. The van der Waals surface area contributed by atoms with Gasteiger partial charge in [0.05, 0.1) is 11.6 Å². The molecule has 1 aliphatic rings. The molecule has 5 nitrogen and oxygen atoms in total. The van der Waals surface area contributed by atoms with Gasteiger partial charge in [-0.2, -0.15) is 0 Å². The van der Waals surface area contributed by atoms with Crippen molar-refractivity contribution in [2.24, 2.45) is 0 Å². The lowest BCUT2D eigenvalue weighted by Gasteiger charge is -2.13. The van der Waals surface area contributed by atoms with Crippen LogP contribution in [0.2, 0.25) is 0 Å². The fourth-order valence-corrected chi connectivity index (χ4v) is 2.27. The van der Waals surface area contributed by atoms with Gasteiger partial charge in [-0.15, -0.1) is 0 Å². The molecule has 2 rings (SSSR count). The Morgan fingerprint density at radius 3 is 2.83 bits per heavy atom. The maximum atomic E-state index is 11.9. The lowest BCUT2D eigenvalue weighted by molar-refractivity contribution is -0.126. The molecule has 0 aliphatic carbocycles. The summed E-state index contributed by atoms with van der Waals surface area (Å²) in [6, 6.07) is 4.48. The van der Waals surface area contributed by atoms with Gasteiger partial charge in [0, 0.05) is 24.5 Å². The maximum Gasteiger partial charge on any atom is 0.255 e. The topological polar surface area (TPSA) is 69.6 Å². The number of rotatable bonds is 2. The van der Waals surface area contributed by atoms with Gasteiger partial charge in [0.25, 0.3) is 5.91 Å². The van der Waals surface area contributed by atoms with Crippen molar-refractivity contribution < 1.29 is 14.7 Å². The van der Waals surface area contributed by atoms with Gasteiger partial charge in [0.15, 0.2) is 0 Å². The summed E-state index contributed by atoms with van der Waals surface area (Å²) in [6.45, 7) is 0.502. The summed E-state index contributed by atoms with van der Waals surface area (Å²) in [4.78, 5) is 24.8. The highest BCUT2D eigenvalue weighted by Crippen LogP contribution is 2.22. The van der Waals surface area contributed by atoms with Crippen molar-refractivity contribution in [3.05, 3.63) is 28.2 Å². The van der Waals surface area contributed by atoms with E-state index in [4.69, 9.17) is 0 Å². The van der Waals surface area contributed by atoms with E-state index in [9.17, 15) is 14.7 Å². The normalized spacial score (nSPS) is 19.1. The van der Waals surface area contributed by atoms with E-state index in [1.54, 1.807) is 18.0 Å². The van der Waals surface area contributed by atoms with Gasteiger partial charge in [-0.3, -0.25) is 9.59 Å². The van der Waals surface area contributed by atoms with E-state index < -0.39 is 0 Å². The number of halogens is 1. The Morgan fingerprint density at radius 1 is 1.56 bits per heavy atom. The minimum atomic E-state index is -0.367. The lowest BCUT2D eigenvalue weighted by atomic mass is 10.1. The Bertz CT molecular complexity index is 504. The molecule has 0 radical (unpaired) electrons. The van der Waals surface area contributed by atoms with Crippen molar-refractivity contribution in [3.8, 4) is 5.75 Å². The van der Waals surface area contributed by atoms with E-state index in [-0.39, 0.29) is 29.2 Å². The molecule has 1 aliphatic heterocycles. The summed E-state index contributed by atoms with van der Waals surface area (Å²) < 4.78 is 0.701. The lowest BCUT2D eigenvalue weighted by Crippen LogP contribution is -2.36. The number of hydrogen-bond donors (Lipinski definition) is 2. The first-order chi connectivity index (χ1) is 8.47. The molecular formula is C12H13BrN2O3. The molecule has 18 heavy (non-hydrogen) atoms. The molecule has 0 bridgehead atoms. The molecule has 96 valence electrons. The van der Waals surface area contributed by atoms with E-state index in [1.165, 1.54) is 12.1 Å². The molecule has 6 heteroatoms. The fraction of sp³-hybridized carbons (Fsp3) is 0.333. The number of carbonyl (C=O) groups is 2. The highest BCUT2D eigenvalue weighted by Gasteiger charge is 2.28. The molecule has 0 saturated carbocycles. The van der Waals surface area contributed by atoms with Gasteiger partial charge in [0.2, 0.25) is 5.91 Å². The van der Waals surface area contributed by atoms with Crippen molar-refractivity contribution in [1.29, 1.82) is 0 Å². The smallest absolute Gasteiger partial charge is 0.255 e. The molecule has 0 aromatic heterocycles. The predicted octanol–water partition coefficient (Wildman–Crippen LogP) is 1.12. The number of hydrogen-bond acceptors (Lipinski definition) is 3. The highest BCUT2D eigenvalue weighted by atomic mass is 79.9. The summed E-state index contributed by atoms with van der Waals surface area (Å²) >= 11 is 3.21. The quantitative estimate of drug-likeness (QED) is 0.859. The number of phenols is 1. The van der Waals surface area contributed by atoms with Crippen molar-refractivity contribution >= 4 is 27.7 Å². The molecule has 1 fully saturated rings. The average Bonchev–Trinajstić information content (AvgIpc) is 2.57. The van der Waals surface area contributed by atoms with Crippen LogP contribution < -0.4 is 5.32 Å². The van der Waals surface area contributed by atoms with Crippen molar-refractivity contribution in [2.45, 2.75) is 12.5 Å². The summed E-state index contributed by atoms with van der Waals surface area (Å²) in [5.74, 6) is -0.437. The summed E-state index contributed by atoms with van der Waals surface area (Å²) in [6.07, 6.45) is 0.305. The van der Waals surface area contributed by atoms with Crippen LogP contribution in [0.1, 0.15) is 16.8 Å². The molecule has 1 aromatic carbocycles. The summed E-state index contributed by atoms with van der Waals surface area (Å²) in [5.41, 5.74) is 0.209. The number of benzene rings is 1. The Balaban J connectivity index is 2.06. The van der Waals surface area contributed by atoms with E-state index in [0.29, 0.717) is 17.4 Å². The highest BCUT2D eigenvalue weighted by molar-refractivity contribution is 9.10. The monoisotopic (exact) mass is 312 g/mol. The Hall–Kier alpha value is -1.56. The first-order valence-corrected chi connectivity index (χ1v) is 6.30. The van der Waals surface area contributed by atoms with E-state index in [0.717, 1.165) is 0 Å². The number of nitrogens with zero attached hydrogens (tertiary/aromatic N) is 1. The van der Waals surface area contributed by atoms with Gasteiger partial charge in [-0.05, 0) is 18.2 Å². The third kappa shape index (κ3) is 2.64. The number of carbonyl (C=O) groups excluding carboxylic acids is 2. The fourth-order valence-electron chi connectivity index (χ4n) is 1.92. The standard InChI is InChI=1S/C12H13BrN2O3/c1-15-6-8(5-11(15)17)14-12(18)9-3-2-7(13)4-10(9)16/h2-4,8,16H,5-6H2,1H3,(H,14,18)/t8-/m1/s1. The maximum absolute atomic E-state index is 11.9. The number of nitrogens with one attached hydrogen (secondary N) is 1. The van der Waals surface area contributed by atoms with Crippen molar-refractivity contribution in [1.82, 2.24) is 10.2 Å². The molecule has 2 N–H and O–H groups in total. The molecule has 0 unspecified atom stereocenters. The number of likely N-dealkylation sites (N-methyl/N-ethyl adjacent to an activating group) is 1. The number of phenolic OH excluding ortho intramolecular Hbond substituents is 1. The first kappa shape index (κ1) is 12.9. The van der Waals surface area contributed by atoms with Crippen molar-refractivity contribution in [3.63, 3.8) is 0 Å². The number of amides is 2. The van der Waals surface area contributed by atoms with Crippen LogP contribution in [0.25, 0.3) is 0 Å². The second-order valence-electron chi connectivity index (χ2n) is 4.31. The predicted molar refractivity (Wildman–Crippen MR) is 69.3 cm³/mol. The zero-order chi connectivity index (χ0) is 13.3. The van der Waals surface area contributed by atoms with Gasteiger partial charge < -0.3 is 15.3 Å². The largest absolute Gasteiger partial charge is 0.507 e. The van der Waals surface area contributed by atoms with E-state index >= 15 is 0 Å². The second-order valence-corrected chi connectivity index (χ2v) is 5.23. The molecule has 1 saturated heterocycles. The van der Waals surface area contributed by atoms with Crippen molar-refractivity contribution in [2.75, 3.05) is 13.6 Å². The number of likely N-dealkylation sites (tertiary alicyclic amines) is 1. The molecule has 1 heterocycles. The Labute approximate surface area is 113 Å². The van der Waals surface area contributed by atoms with Crippen LogP contribution in [0, 0.1) is 0 Å². The van der Waals surface area contributed by atoms with Crippen LogP contribution in [0.4, 0.5) is 0 Å². The van der Waals surface area contributed by atoms with Gasteiger partial charge in [-0.25, -0.2) is 0 Å². The first-order valence-electron chi connectivity index (χ1n) is 5.50. The SMILES string of the molecule is CN1C[C@H](NC(=O)c2ccc(Br)cc2O)CC1=O. The molecule has 1 aromatic rings. The van der Waals surface area contributed by atoms with Crippen LogP contribution >= 0.6 is 15.9 Å². The van der Waals surface area contributed by atoms with Crippen LogP contribution in [-0.4, -0.2) is 41.5 Å². The molecule has 0 spiro atoms. The Kier molecular flexibility index (Phi) is 3.56. The van der Waals surface area contributed by atoms with Crippen LogP contribution in [0.3, 0.4) is 0 Å². The van der Waals surface area contributed by atoms with Crippen LogP contribution in [-0.2, 0) is 4.79 Å². The minimum absolute atomic E-state index is 0.0142. The van der Waals surface area contributed by atoms with Gasteiger partial charge in [-0.1, -0.05) is 15.9 Å². The molecule has 2 amide bonds. The third-order valence-corrected chi connectivity index (χ3v) is 3.37. The molecule has 1 atom stereocenters.